The topological polar surface area (TPSA) is 58.4 Å². The third-order valence-corrected chi connectivity index (χ3v) is 4.24. The molecule has 3 N–H and O–H groups in total. The molecule has 0 aromatic heterocycles. The van der Waals surface area contributed by atoms with Crippen LogP contribution in [-0.2, 0) is 6.54 Å². The van der Waals surface area contributed by atoms with Gasteiger partial charge < -0.3 is 16.0 Å². The van der Waals surface area contributed by atoms with Gasteiger partial charge in [0, 0.05) is 36.8 Å². The molecule has 0 aliphatic heterocycles. The molecule has 1 aromatic rings. The van der Waals surface area contributed by atoms with E-state index in [4.69, 9.17) is 5.73 Å². The third-order valence-electron chi connectivity index (χ3n) is 4.24. The lowest BCUT2D eigenvalue weighted by Crippen LogP contribution is -2.35. The first-order valence-electron chi connectivity index (χ1n) is 7.57. The van der Waals surface area contributed by atoms with Crippen molar-refractivity contribution in [2.75, 3.05) is 20.1 Å². The Labute approximate surface area is 125 Å². The fourth-order valence-corrected chi connectivity index (χ4v) is 2.87. The minimum Gasteiger partial charge on any atom is -0.366 e. The summed E-state index contributed by atoms with van der Waals surface area (Å²) >= 11 is 0. The maximum Gasteiger partial charge on any atom is 0.248 e. The van der Waals surface area contributed by atoms with Crippen LogP contribution in [0.15, 0.2) is 18.2 Å². The lowest BCUT2D eigenvalue weighted by Gasteiger charge is -2.24. The zero-order chi connectivity index (χ0) is 15.2. The van der Waals surface area contributed by atoms with Crippen LogP contribution < -0.4 is 11.1 Å². The number of nitrogens with two attached hydrogens (primary N) is 1. The van der Waals surface area contributed by atoms with E-state index in [2.05, 4.69) is 17.3 Å². The number of carbonyl (C=O) groups excluding carboxylic acids is 1. The summed E-state index contributed by atoms with van der Waals surface area (Å²) < 4.78 is 13.7. The number of likely N-dealkylation sites (N-methyl/N-ethyl adjacent to an activating group) is 1. The number of nitrogens with zero attached hydrogens (tertiary/aromatic N) is 1. The average molecular weight is 293 g/mol. The monoisotopic (exact) mass is 293 g/mol. The van der Waals surface area contributed by atoms with Crippen molar-refractivity contribution in [2.24, 2.45) is 5.73 Å². The second-order valence-corrected chi connectivity index (χ2v) is 5.77. The third kappa shape index (κ3) is 4.51. The number of nitrogens with one attached hydrogen (secondary N) is 1. The first-order valence-corrected chi connectivity index (χ1v) is 7.57. The predicted molar refractivity (Wildman–Crippen MR) is 81.5 cm³/mol. The maximum absolute atomic E-state index is 13.7. The molecule has 1 aliphatic rings. The van der Waals surface area contributed by atoms with Gasteiger partial charge in [-0.1, -0.05) is 12.8 Å². The lowest BCUT2D eigenvalue weighted by molar-refractivity contribution is 0.1000. The Morgan fingerprint density at radius 1 is 1.43 bits per heavy atom. The van der Waals surface area contributed by atoms with Gasteiger partial charge in [-0.25, -0.2) is 4.39 Å². The van der Waals surface area contributed by atoms with E-state index in [1.54, 1.807) is 0 Å². The van der Waals surface area contributed by atoms with Crippen LogP contribution >= 0.6 is 0 Å². The Kier molecular flexibility index (Phi) is 5.70. The molecule has 0 unspecified atom stereocenters. The molecule has 1 amide bonds. The standard InChI is InChI=1S/C16H24FN3O/c1-20(14-4-2-3-5-14)9-8-19-11-13-10-12(16(18)21)6-7-15(13)17/h6-7,10,14,19H,2-5,8-9,11H2,1H3,(H2,18,21). The molecular formula is C16H24FN3O. The molecule has 0 saturated heterocycles. The fourth-order valence-electron chi connectivity index (χ4n) is 2.87. The summed E-state index contributed by atoms with van der Waals surface area (Å²) in [5.41, 5.74) is 6.03. The number of amides is 1. The summed E-state index contributed by atoms with van der Waals surface area (Å²) in [4.78, 5) is 13.5. The highest BCUT2D eigenvalue weighted by Crippen LogP contribution is 2.21. The number of carbonyl (C=O) groups is 1. The van der Waals surface area contributed by atoms with Crippen molar-refractivity contribution in [1.82, 2.24) is 10.2 Å². The van der Waals surface area contributed by atoms with Crippen LogP contribution in [0.1, 0.15) is 41.6 Å². The smallest absolute Gasteiger partial charge is 0.248 e. The maximum atomic E-state index is 13.7. The van der Waals surface area contributed by atoms with Gasteiger partial charge in [-0.2, -0.15) is 0 Å². The van der Waals surface area contributed by atoms with Gasteiger partial charge >= 0.3 is 0 Å². The molecule has 0 atom stereocenters. The molecule has 116 valence electrons. The highest BCUT2D eigenvalue weighted by atomic mass is 19.1. The SMILES string of the molecule is CN(CCNCc1cc(C(N)=O)ccc1F)C1CCCC1. The first kappa shape index (κ1) is 15.9. The second kappa shape index (κ2) is 7.52. The van der Waals surface area contributed by atoms with Crippen molar-refractivity contribution in [3.8, 4) is 0 Å². The molecule has 0 bridgehead atoms. The summed E-state index contributed by atoms with van der Waals surface area (Å²) in [6.07, 6.45) is 5.22. The number of hydrogen-bond acceptors (Lipinski definition) is 3. The Morgan fingerprint density at radius 3 is 2.81 bits per heavy atom. The van der Waals surface area contributed by atoms with E-state index in [1.807, 2.05) is 0 Å². The molecule has 1 saturated carbocycles. The van der Waals surface area contributed by atoms with Gasteiger partial charge in [0.25, 0.3) is 0 Å². The van der Waals surface area contributed by atoms with Crippen molar-refractivity contribution < 1.29 is 9.18 Å². The Hall–Kier alpha value is -1.46. The van der Waals surface area contributed by atoms with E-state index in [0.29, 0.717) is 23.7 Å². The molecule has 5 heteroatoms. The number of benzene rings is 1. The molecule has 0 spiro atoms. The van der Waals surface area contributed by atoms with Crippen LogP contribution in [0.2, 0.25) is 0 Å². The average Bonchev–Trinajstić information content (AvgIpc) is 2.99. The molecule has 21 heavy (non-hydrogen) atoms. The summed E-state index contributed by atoms with van der Waals surface area (Å²) in [5, 5.41) is 3.23. The minimum absolute atomic E-state index is 0.309. The number of halogens is 1. The molecule has 2 rings (SSSR count). The van der Waals surface area contributed by atoms with Crippen LogP contribution in [0.25, 0.3) is 0 Å². The predicted octanol–water partition coefficient (Wildman–Crippen LogP) is 1.89. The van der Waals surface area contributed by atoms with Crippen LogP contribution in [0.4, 0.5) is 4.39 Å². The van der Waals surface area contributed by atoms with Gasteiger partial charge in [-0.15, -0.1) is 0 Å². The summed E-state index contributed by atoms with van der Waals surface area (Å²) in [6.45, 7) is 2.15. The largest absolute Gasteiger partial charge is 0.366 e. The van der Waals surface area contributed by atoms with Gasteiger partial charge in [-0.05, 0) is 38.1 Å². The van der Waals surface area contributed by atoms with E-state index in [1.165, 1.54) is 43.9 Å². The Balaban J connectivity index is 1.77. The van der Waals surface area contributed by atoms with Crippen molar-refractivity contribution >= 4 is 5.91 Å². The number of hydrogen-bond donors (Lipinski definition) is 2. The molecule has 0 radical (unpaired) electrons. The van der Waals surface area contributed by atoms with Gasteiger partial charge in [0.15, 0.2) is 0 Å². The van der Waals surface area contributed by atoms with Gasteiger partial charge in [0.1, 0.15) is 5.82 Å². The van der Waals surface area contributed by atoms with Crippen molar-refractivity contribution in [3.63, 3.8) is 0 Å². The minimum atomic E-state index is -0.530. The van der Waals surface area contributed by atoms with E-state index >= 15 is 0 Å². The van der Waals surface area contributed by atoms with E-state index < -0.39 is 5.91 Å². The van der Waals surface area contributed by atoms with E-state index in [-0.39, 0.29) is 5.82 Å². The highest BCUT2D eigenvalue weighted by Gasteiger charge is 2.18. The molecule has 1 aliphatic carbocycles. The number of primary amides is 1. The molecule has 0 heterocycles. The lowest BCUT2D eigenvalue weighted by atomic mass is 10.1. The highest BCUT2D eigenvalue weighted by molar-refractivity contribution is 5.92. The summed E-state index contributed by atoms with van der Waals surface area (Å²) in [5.74, 6) is -0.839. The number of rotatable bonds is 7. The van der Waals surface area contributed by atoms with Crippen molar-refractivity contribution in [3.05, 3.63) is 35.1 Å². The van der Waals surface area contributed by atoms with E-state index in [0.717, 1.165) is 13.1 Å². The van der Waals surface area contributed by atoms with Gasteiger partial charge in [-0.3, -0.25) is 4.79 Å². The Bertz CT molecular complexity index is 486. The summed E-state index contributed by atoms with van der Waals surface area (Å²) in [7, 11) is 2.14. The van der Waals surface area contributed by atoms with Crippen LogP contribution in [0, 0.1) is 5.82 Å². The van der Waals surface area contributed by atoms with Gasteiger partial charge in [0.05, 0.1) is 0 Å². The molecule has 1 aromatic carbocycles. The van der Waals surface area contributed by atoms with Crippen LogP contribution in [0.5, 0.6) is 0 Å². The van der Waals surface area contributed by atoms with E-state index in [9.17, 15) is 9.18 Å². The van der Waals surface area contributed by atoms with Crippen LogP contribution in [-0.4, -0.2) is 37.0 Å². The van der Waals surface area contributed by atoms with Gasteiger partial charge in [0.2, 0.25) is 5.91 Å². The second-order valence-electron chi connectivity index (χ2n) is 5.77. The molecular weight excluding hydrogens is 269 g/mol. The zero-order valence-corrected chi connectivity index (χ0v) is 12.6. The van der Waals surface area contributed by atoms with Crippen molar-refractivity contribution in [2.45, 2.75) is 38.3 Å². The Morgan fingerprint density at radius 2 is 2.14 bits per heavy atom. The normalized spacial score (nSPS) is 15.8. The van der Waals surface area contributed by atoms with Crippen molar-refractivity contribution in [1.29, 1.82) is 0 Å². The van der Waals surface area contributed by atoms with Crippen LogP contribution in [0.3, 0.4) is 0 Å². The molecule has 4 nitrogen and oxygen atoms in total. The summed E-state index contributed by atoms with van der Waals surface area (Å²) in [6, 6.07) is 4.92. The quantitative estimate of drug-likeness (QED) is 0.755. The fraction of sp³-hybridized carbons (Fsp3) is 0.562. The zero-order valence-electron chi connectivity index (χ0n) is 12.6. The molecule has 1 fully saturated rings. The first-order chi connectivity index (χ1) is 10.1.